The van der Waals surface area contributed by atoms with Gasteiger partial charge in [0, 0.05) is 31.7 Å². The van der Waals surface area contributed by atoms with E-state index in [2.05, 4.69) is 15.6 Å². The predicted octanol–water partition coefficient (Wildman–Crippen LogP) is 1.41. The summed E-state index contributed by atoms with van der Waals surface area (Å²) < 4.78 is 23.7. The molecule has 8 heteroatoms. The Kier molecular flexibility index (Phi) is 6.86. The molecule has 0 radical (unpaired) electrons. The second-order valence-electron chi connectivity index (χ2n) is 7.23. The summed E-state index contributed by atoms with van der Waals surface area (Å²) in [7, 11) is -3.10. The van der Waals surface area contributed by atoms with E-state index in [1.807, 2.05) is 36.9 Å². The van der Waals surface area contributed by atoms with Crippen molar-refractivity contribution in [2.75, 3.05) is 31.9 Å². The summed E-state index contributed by atoms with van der Waals surface area (Å²) in [6.45, 7) is 9.91. The number of nitrogens with zero attached hydrogens (tertiary/aromatic N) is 2. The average molecular weight is 395 g/mol. The lowest BCUT2D eigenvalue weighted by Crippen LogP contribution is -2.57. The molecule has 1 aliphatic rings. The Morgan fingerprint density at radius 3 is 2.56 bits per heavy atom. The molecule has 1 heterocycles. The fourth-order valence-corrected chi connectivity index (χ4v) is 4.36. The summed E-state index contributed by atoms with van der Waals surface area (Å²) >= 11 is 0. The van der Waals surface area contributed by atoms with Crippen molar-refractivity contribution in [3.63, 3.8) is 0 Å². The van der Waals surface area contributed by atoms with Gasteiger partial charge in [-0.3, -0.25) is 4.79 Å². The summed E-state index contributed by atoms with van der Waals surface area (Å²) in [4.78, 5) is 18.7. The van der Waals surface area contributed by atoms with E-state index in [1.54, 1.807) is 19.9 Å². The molecule has 2 rings (SSSR count). The van der Waals surface area contributed by atoms with E-state index in [9.17, 15) is 13.2 Å². The zero-order valence-corrected chi connectivity index (χ0v) is 17.4. The number of rotatable bonds is 5. The van der Waals surface area contributed by atoms with Crippen molar-refractivity contribution in [1.29, 1.82) is 0 Å². The summed E-state index contributed by atoms with van der Waals surface area (Å²) in [5.41, 5.74) is 1.54. The van der Waals surface area contributed by atoms with Crippen LogP contribution in [0.5, 0.6) is 0 Å². The van der Waals surface area contributed by atoms with Crippen molar-refractivity contribution in [2.24, 2.45) is 4.99 Å². The van der Waals surface area contributed by atoms with Gasteiger partial charge in [-0.2, -0.15) is 0 Å². The number of hydrogen-bond acceptors (Lipinski definition) is 4. The van der Waals surface area contributed by atoms with Crippen LogP contribution in [0.3, 0.4) is 0 Å². The maximum Gasteiger partial charge on any atom is 0.251 e. The van der Waals surface area contributed by atoms with Gasteiger partial charge >= 0.3 is 0 Å². The lowest BCUT2D eigenvalue weighted by molar-refractivity contribution is 0.0955. The number of sulfone groups is 1. The Morgan fingerprint density at radius 1 is 1.22 bits per heavy atom. The molecule has 0 aliphatic carbocycles. The van der Waals surface area contributed by atoms with Gasteiger partial charge in [-0.1, -0.05) is 12.1 Å². The quantitative estimate of drug-likeness (QED) is 0.582. The molecule has 150 valence electrons. The Bertz CT molecular complexity index is 803. The van der Waals surface area contributed by atoms with Gasteiger partial charge in [0.05, 0.1) is 17.0 Å². The molecule has 7 nitrogen and oxygen atoms in total. The maximum absolute atomic E-state index is 12.2. The highest BCUT2D eigenvalue weighted by Crippen LogP contribution is 2.23. The first-order valence-corrected chi connectivity index (χ1v) is 11.0. The SMILES string of the molecule is CCNC(=O)c1cccc(CN=C(NCC)N2CCS(=O)(=O)C(C)(C)C2)c1. The summed E-state index contributed by atoms with van der Waals surface area (Å²) in [5.74, 6) is 0.721. The van der Waals surface area contributed by atoms with Crippen molar-refractivity contribution >= 4 is 21.7 Å². The second-order valence-corrected chi connectivity index (χ2v) is 9.97. The van der Waals surface area contributed by atoms with Crippen LogP contribution in [0.15, 0.2) is 29.3 Å². The summed E-state index contributed by atoms with van der Waals surface area (Å²) in [6, 6.07) is 7.39. The third-order valence-electron chi connectivity index (χ3n) is 4.62. The summed E-state index contributed by atoms with van der Waals surface area (Å²) in [6.07, 6.45) is 0. The van der Waals surface area contributed by atoms with Crippen molar-refractivity contribution < 1.29 is 13.2 Å². The first-order valence-electron chi connectivity index (χ1n) is 9.33. The molecule has 0 unspecified atom stereocenters. The Balaban J connectivity index is 2.17. The van der Waals surface area contributed by atoms with Crippen molar-refractivity contribution in [2.45, 2.75) is 39.0 Å². The average Bonchev–Trinajstić information content (AvgIpc) is 2.61. The largest absolute Gasteiger partial charge is 0.357 e. The van der Waals surface area contributed by atoms with Crippen LogP contribution in [0.25, 0.3) is 0 Å². The Morgan fingerprint density at radius 2 is 1.93 bits per heavy atom. The van der Waals surface area contributed by atoms with Gasteiger partial charge in [-0.05, 0) is 45.4 Å². The number of aliphatic imine (C=N–C) groups is 1. The van der Waals surface area contributed by atoms with E-state index >= 15 is 0 Å². The molecule has 1 fully saturated rings. The van der Waals surface area contributed by atoms with E-state index in [0.717, 1.165) is 5.56 Å². The van der Waals surface area contributed by atoms with Crippen molar-refractivity contribution in [3.05, 3.63) is 35.4 Å². The first-order chi connectivity index (χ1) is 12.7. The lowest BCUT2D eigenvalue weighted by Gasteiger charge is -2.39. The van der Waals surface area contributed by atoms with Crippen LogP contribution in [0.4, 0.5) is 0 Å². The fourth-order valence-electron chi connectivity index (χ4n) is 2.99. The first kappa shape index (κ1) is 21.2. The van der Waals surface area contributed by atoms with Crippen LogP contribution in [-0.2, 0) is 16.4 Å². The molecular formula is C19H30N4O3S. The predicted molar refractivity (Wildman–Crippen MR) is 109 cm³/mol. The normalized spacial score (nSPS) is 18.8. The van der Waals surface area contributed by atoms with Crippen LogP contribution in [0, 0.1) is 0 Å². The highest BCUT2D eigenvalue weighted by Gasteiger charge is 2.40. The smallest absolute Gasteiger partial charge is 0.251 e. The molecule has 2 N–H and O–H groups in total. The second kappa shape index (κ2) is 8.73. The Hall–Kier alpha value is -2.09. The molecule has 1 aromatic carbocycles. The zero-order chi connectivity index (χ0) is 20.1. The molecule has 1 amide bonds. The van der Waals surface area contributed by atoms with Gasteiger partial charge in [-0.15, -0.1) is 0 Å². The molecule has 0 spiro atoms. The number of hydrogen-bond donors (Lipinski definition) is 2. The maximum atomic E-state index is 12.2. The van der Waals surface area contributed by atoms with Crippen LogP contribution < -0.4 is 10.6 Å². The number of nitrogens with one attached hydrogen (secondary N) is 2. The van der Waals surface area contributed by atoms with Crippen LogP contribution in [0.1, 0.15) is 43.6 Å². The third kappa shape index (κ3) is 5.22. The van der Waals surface area contributed by atoms with Gasteiger partial charge in [-0.25, -0.2) is 13.4 Å². The lowest BCUT2D eigenvalue weighted by atomic mass is 10.1. The molecule has 0 aromatic heterocycles. The molecule has 1 aromatic rings. The molecule has 0 saturated carbocycles. The summed E-state index contributed by atoms with van der Waals surface area (Å²) in [5, 5.41) is 6.04. The molecule has 0 atom stereocenters. The van der Waals surface area contributed by atoms with Gasteiger partial charge in [0.1, 0.15) is 0 Å². The van der Waals surface area contributed by atoms with E-state index in [0.29, 0.717) is 44.2 Å². The fraction of sp³-hybridized carbons (Fsp3) is 0.579. The van der Waals surface area contributed by atoms with E-state index < -0.39 is 14.6 Å². The standard InChI is InChI=1S/C19H30N4O3S/c1-5-20-17(24)16-9-7-8-15(12-16)13-22-18(21-6-2)23-10-11-27(25,26)19(3,4)14-23/h7-9,12H,5-6,10-11,13-14H2,1-4H3,(H,20,24)(H,21,22). The van der Waals surface area contributed by atoms with Crippen molar-refractivity contribution in [1.82, 2.24) is 15.5 Å². The number of carbonyl (C=O) groups excluding carboxylic acids is 1. The van der Waals surface area contributed by atoms with Crippen LogP contribution in [-0.4, -0.2) is 61.9 Å². The minimum Gasteiger partial charge on any atom is -0.357 e. The van der Waals surface area contributed by atoms with E-state index in [-0.39, 0.29) is 11.7 Å². The number of amides is 1. The van der Waals surface area contributed by atoms with Gasteiger partial charge in [0.15, 0.2) is 15.8 Å². The molecule has 1 saturated heterocycles. The van der Waals surface area contributed by atoms with Gasteiger partial charge < -0.3 is 15.5 Å². The van der Waals surface area contributed by atoms with E-state index in [4.69, 9.17) is 0 Å². The van der Waals surface area contributed by atoms with Crippen molar-refractivity contribution in [3.8, 4) is 0 Å². The van der Waals surface area contributed by atoms with Gasteiger partial charge in [0.2, 0.25) is 0 Å². The zero-order valence-electron chi connectivity index (χ0n) is 16.6. The van der Waals surface area contributed by atoms with Crippen LogP contribution in [0.2, 0.25) is 0 Å². The Labute approximate surface area is 162 Å². The monoisotopic (exact) mass is 394 g/mol. The van der Waals surface area contributed by atoms with E-state index in [1.165, 1.54) is 0 Å². The highest BCUT2D eigenvalue weighted by molar-refractivity contribution is 7.92. The number of guanidine groups is 1. The van der Waals surface area contributed by atoms with Crippen LogP contribution >= 0.6 is 0 Å². The minimum atomic E-state index is -3.10. The molecular weight excluding hydrogens is 364 g/mol. The highest BCUT2D eigenvalue weighted by atomic mass is 32.2. The molecule has 0 bridgehead atoms. The number of benzene rings is 1. The third-order valence-corrected chi connectivity index (χ3v) is 7.15. The minimum absolute atomic E-state index is 0.0989. The topological polar surface area (TPSA) is 90.9 Å². The van der Waals surface area contributed by atoms with Gasteiger partial charge in [0.25, 0.3) is 5.91 Å². The molecule has 1 aliphatic heterocycles. The number of carbonyl (C=O) groups is 1. The molecule has 27 heavy (non-hydrogen) atoms.